The third kappa shape index (κ3) is 4.28. The van der Waals surface area contributed by atoms with E-state index >= 15 is 0 Å². The van der Waals surface area contributed by atoms with Crippen molar-refractivity contribution in [3.63, 3.8) is 0 Å². The molecule has 0 aliphatic heterocycles. The van der Waals surface area contributed by atoms with E-state index in [1.54, 1.807) is 10.4 Å². The van der Waals surface area contributed by atoms with Gasteiger partial charge in [0.25, 0.3) is 0 Å². The van der Waals surface area contributed by atoms with E-state index in [1.807, 2.05) is 0 Å². The second-order valence-electron chi connectivity index (χ2n) is 10.4. The first-order chi connectivity index (χ1) is 13.0. The third-order valence-electron chi connectivity index (χ3n) is 5.92. The van der Waals surface area contributed by atoms with Crippen LogP contribution >= 0.6 is 0 Å². The molecular weight excluding hydrogens is 368 g/mol. The summed E-state index contributed by atoms with van der Waals surface area (Å²) in [5.74, 6) is 0. The lowest BCUT2D eigenvalue weighted by Crippen LogP contribution is -2.45. The number of benzene rings is 2. The van der Waals surface area contributed by atoms with Crippen LogP contribution in [0.5, 0.6) is 0 Å². The predicted molar refractivity (Wildman–Crippen MR) is 134 cm³/mol. The van der Waals surface area contributed by atoms with Crippen LogP contribution in [-0.4, -0.2) is 16.1 Å². The molecule has 149 valence electrons. The van der Waals surface area contributed by atoms with E-state index in [0.717, 1.165) is 12.8 Å². The second kappa shape index (κ2) is 7.80. The molecule has 0 fully saturated rings. The molecule has 2 aromatic rings. The summed E-state index contributed by atoms with van der Waals surface area (Å²) in [6, 6.07) is 12.3. The first-order valence-electron chi connectivity index (χ1n) is 10.9. The molecule has 1 aliphatic rings. The van der Waals surface area contributed by atoms with Crippen LogP contribution in [0, 0.1) is 6.42 Å². The fourth-order valence-electron chi connectivity index (χ4n) is 4.05. The van der Waals surface area contributed by atoms with Crippen molar-refractivity contribution in [1.82, 2.24) is 0 Å². The van der Waals surface area contributed by atoms with E-state index in [0.29, 0.717) is 0 Å². The lowest BCUT2D eigenvalue weighted by atomic mass is 9.90. The normalized spacial score (nSPS) is 14.2. The van der Waals surface area contributed by atoms with Crippen molar-refractivity contribution in [3.05, 3.63) is 59.0 Å². The Morgan fingerprint density at radius 2 is 1.39 bits per heavy atom. The van der Waals surface area contributed by atoms with Gasteiger partial charge in [0.15, 0.2) is 0 Å². The number of hydrogen-bond donors (Lipinski definition) is 0. The van der Waals surface area contributed by atoms with Gasteiger partial charge in [0.2, 0.25) is 0 Å². The van der Waals surface area contributed by atoms with Gasteiger partial charge >= 0.3 is 0 Å². The zero-order valence-electron chi connectivity index (χ0n) is 19.2. The van der Waals surface area contributed by atoms with E-state index in [-0.39, 0.29) is 0 Å². The minimum absolute atomic E-state index is 1.10. The number of hydrogen-bond acceptors (Lipinski definition) is 0. The van der Waals surface area contributed by atoms with E-state index in [1.165, 1.54) is 39.8 Å². The average Bonchev–Trinajstić information content (AvgIpc) is 3.03. The van der Waals surface area contributed by atoms with Gasteiger partial charge in [-0.15, -0.1) is 0 Å². The van der Waals surface area contributed by atoms with Crippen LogP contribution in [-0.2, 0) is 6.42 Å². The molecule has 2 aromatic carbocycles. The molecular formula is C26H37Si2. The van der Waals surface area contributed by atoms with Crippen LogP contribution in [0.25, 0.3) is 17.2 Å². The maximum Gasteiger partial charge on any atom is 0.0776 e. The maximum absolute atomic E-state index is 2.55. The van der Waals surface area contributed by atoms with Crippen molar-refractivity contribution in [2.24, 2.45) is 0 Å². The zero-order valence-corrected chi connectivity index (χ0v) is 21.2. The van der Waals surface area contributed by atoms with Crippen LogP contribution in [0.3, 0.4) is 0 Å². The molecule has 2 heteroatoms. The molecule has 0 bridgehead atoms. The topological polar surface area (TPSA) is 0 Å². The van der Waals surface area contributed by atoms with E-state index in [9.17, 15) is 0 Å². The summed E-state index contributed by atoms with van der Waals surface area (Å²) in [6.45, 7) is 19.4. The zero-order chi connectivity index (χ0) is 20.7. The van der Waals surface area contributed by atoms with Gasteiger partial charge in [0, 0.05) is 6.42 Å². The number of fused-ring (bicyclic) bond motifs is 1. The average molecular weight is 406 g/mol. The van der Waals surface area contributed by atoms with E-state index in [2.05, 4.69) is 96.0 Å². The van der Waals surface area contributed by atoms with Crippen molar-refractivity contribution >= 4 is 32.6 Å². The standard InChI is InChI=1S/C26H37Si2/c1-9-11-20-12-13-21-14-19(10-2)15-25(21)26(20)22-16-23(27(3,4)5)18-24(17-22)28(6,7)8/h12-18H,9-11H2,1-8H3. The Bertz CT molecular complexity index is 873. The van der Waals surface area contributed by atoms with Crippen LogP contribution < -0.4 is 10.4 Å². The summed E-state index contributed by atoms with van der Waals surface area (Å²) < 4.78 is 0. The van der Waals surface area contributed by atoms with Gasteiger partial charge in [0.1, 0.15) is 0 Å². The molecule has 0 aromatic heterocycles. The molecule has 0 atom stereocenters. The van der Waals surface area contributed by atoms with Crippen LogP contribution in [0.15, 0.2) is 35.9 Å². The van der Waals surface area contributed by atoms with Crippen LogP contribution in [0.4, 0.5) is 0 Å². The van der Waals surface area contributed by atoms with Gasteiger partial charge in [0.05, 0.1) is 16.1 Å². The minimum atomic E-state index is -1.39. The summed E-state index contributed by atoms with van der Waals surface area (Å²) in [4.78, 5) is 0. The summed E-state index contributed by atoms with van der Waals surface area (Å²) >= 11 is 0. The summed E-state index contributed by atoms with van der Waals surface area (Å²) in [5.41, 5.74) is 8.78. The molecule has 0 amide bonds. The number of rotatable bonds is 6. The first-order valence-corrected chi connectivity index (χ1v) is 17.9. The monoisotopic (exact) mass is 405 g/mol. The molecule has 0 saturated heterocycles. The fourth-order valence-corrected chi connectivity index (χ4v) is 6.55. The van der Waals surface area contributed by atoms with Gasteiger partial charge in [-0.1, -0.05) is 112 Å². The van der Waals surface area contributed by atoms with E-state index < -0.39 is 16.1 Å². The molecule has 0 spiro atoms. The molecule has 0 unspecified atom stereocenters. The molecule has 3 rings (SSSR count). The molecule has 0 N–H and O–H groups in total. The van der Waals surface area contributed by atoms with Crippen molar-refractivity contribution < 1.29 is 0 Å². The highest BCUT2D eigenvalue weighted by molar-refractivity contribution is 6.91. The van der Waals surface area contributed by atoms with Crippen molar-refractivity contribution in [1.29, 1.82) is 0 Å². The van der Waals surface area contributed by atoms with Gasteiger partial charge in [-0.25, -0.2) is 0 Å². The summed E-state index contributed by atoms with van der Waals surface area (Å²) in [6.07, 6.45) is 8.27. The maximum atomic E-state index is 2.55. The summed E-state index contributed by atoms with van der Waals surface area (Å²) in [5, 5.41) is 3.20. The van der Waals surface area contributed by atoms with Crippen LogP contribution in [0.1, 0.15) is 43.4 Å². The van der Waals surface area contributed by atoms with Crippen LogP contribution in [0.2, 0.25) is 39.3 Å². The van der Waals surface area contributed by atoms with Crippen molar-refractivity contribution in [2.45, 2.75) is 72.4 Å². The summed E-state index contributed by atoms with van der Waals surface area (Å²) in [7, 11) is -2.78. The van der Waals surface area contributed by atoms with Gasteiger partial charge in [-0.2, -0.15) is 0 Å². The first kappa shape index (κ1) is 21.3. The Morgan fingerprint density at radius 1 is 0.786 bits per heavy atom. The highest BCUT2D eigenvalue weighted by Crippen LogP contribution is 2.38. The second-order valence-corrected chi connectivity index (χ2v) is 20.5. The molecule has 0 nitrogen and oxygen atoms in total. The molecule has 28 heavy (non-hydrogen) atoms. The minimum Gasteiger partial charge on any atom is -0.0656 e. The third-order valence-corrected chi connectivity index (χ3v) is 9.96. The fraction of sp³-hybridized carbons (Fsp3) is 0.423. The number of allylic oxidation sites excluding steroid dienone is 1. The Balaban J connectivity index is 2.31. The SMILES string of the molecule is CCCc1ccc2c(c1-c1cc([Si](C)(C)C)cc([Si](C)(C)C)c1)C=C(CC)[CH]2. The molecule has 0 saturated carbocycles. The highest BCUT2D eigenvalue weighted by Gasteiger charge is 2.25. The number of aryl methyl sites for hydroxylation is 1. The Labute approximate surface area is 175 Å². The van der Waals surface area contributed by atoms with Crippen molar-refractivity contribution in [2.75, 3.05) is 0 Å². The van der Waals surface area contributed by atoms with E-state index in [4.69, 9.17) is 0 Å². The molecule has 0 heterocycles. The van der Waals surface area contributed by atoms with Gasteiger partial charge in [-0.05, 0) is 40.7 Å². The molecule has 1 radical (unpaired) electrons. The smallest absolute Gasteiger partial charge is 0.0656 e. The highest BCUT2D eigenvalue weighted by atomic mass is 28.3. The lowest BCUT2D eigenvalue weighted by molar-refractivity contribution is 0.923. The Morgan fingerprint density at radius 3 is 1.89 bits per heavy atom. The van der Waals surface area contributed by atoms with Crippen molar-refractivity contribution in [3.8, 4) is 11.1 Å². The quantitative estimate of drug-likeness (QED) is 0.466. The largest absolute Gasteiger partial charge is 0.0776 e. The predicted octanol–water partition coefficient (Wildman–Crippen LogP) is 6.76. The van der Waals surface area contributed by atoms with Gasteiger partial charge < -0.3 is 0 Å². The Kier molecular flexibility index (Phi) is 5.94. The van der Waals surface area contributed by atoms with Gasteiger partial charge in [-0.3, -0.25) is 0 Å². The Hall–Kier alpha value is -1.39. The molecule has 1 aliphatic carbocycles. The lowest BCUT2D eigenvalue weighted by Gasteiger charge is -2.25.